The average molecular weight is 630 g/mol. The molecular weight excluding hydrogens is 605 g/mol. The lowest BCUT2D eigenvalue weighted by atomic mass is 9.91. The zero-order chi connectivity index (χ0) is 32.4. The van der Waals surface area contributed by atoms with Gasteiger partial charge in [-0.1, -0.05) is 48.5 Å². The number of carbonyl (C=O) groups is 1. The van der Waals surface area contributed by atoms with Crippen molar-refractivity contribution in [2.75, 3.05) is 7.11 Å². The van der Waals surface area contributed by atoms with Crippen LogP contribution in [0.25, 0.3) is 0 Å². The van der Waals surface area contributed by atoms with E-state index < -0.39 is 59.3 Å². The standard InChI is InChI=1S/C30H24F9N3O2/c1-17-24(26(43)44-2)25(21-11-4-6-13-23(21)30(37,38)39)41-27(40-15-19-9-3-5-12-22(19)29(34,35)36)42(17)16-18-8-7-10-20(14-18)28(31,32)33/h3-14,25H,15-16H2,1-2H3,(H,40,41). The van der Waals surface area contributed by atoms with Crippen LogP contribution in [-0.4, -0.2) is 23.9 Å². The summed E-state index contributed by atoms with van der Waals surface area (Å²) in [5.41, 5.74) is -4.00. The number of benzene rings is 3. The van der Waals surface area contributed by atoms with Crippen molar-refractivity contribution in [1.29, 1.82) is 0 Å². The summed E-state index contributed by atoms with van der Waals surface area (Å²) in [7, 11) is 1.00. The maximum absolute atomic E-state index is 14.0. The number of ether oxygens (including phenoxy) is 1. The van der Waals surface area contributed by atoms with Gasteiger partial charge in [0.2, 0.25) is 0 Å². The molecule has 0 saturated carbocycles. The van der Waals surface area contributed by atoms with Crippen LogP contribution in [0.3, 0.4) is 0 Å². The third-order valence-electron chi connectivity index (χ3n) is 6.91. The highest BCUT2D eigenvalue weighted by Gasteiger charge is 2.41. The Morgan fingerprint density at radius 2 is 1.45 bits per heavy atom. The summed E-state index contributed by atoms with van der Waals surface area (Å²) >= 11 is 0. The third-order valence-corrected chi connectivity index (χ3v) is 6.91. The van der Waals surface area contributed by atoms with E-state index in [9.17, 15) is 44.3 Å². The van der Waals surface area contributed by atoms with Crippen LogP contribution < -0.4 is 5.32 Å². The maximum atomic E-state index is 14.0. The molecule has 1 aliphatic rings. The summed E-state index contributed by atoms with van der Waals surface area (Å²) in [4.78, 5) is 18.5. The largest absolute Gasteiger partial charge is 0.466 e. The predicted molar refractivity (Wildman–Crippen MR) is 142 cm³/mol. The Kier molecular flexibility index (Phi) is 9.03. The lowest BCUT2D eigenvalue weighted by Gasteiger charge is -2.38. The molecule has 3 aromatic rings. The van der Waals surface area contributed by atoms with Crippen LogP contribution in [-0.2, 0) is 41.1 Å². The zero-order valence-corrected chi connectivity index (χ0v) is 23.0. The van der Waals surface area contributed by atoms with E-state index in [1.54, 1.807) is 0 Å². The molecule has 1 aliphatic heterocycles. The second kappa shape index (κ2) is 12.2. The number of hydrogen-bond acceptors (Lipinski definition) is 3. The normalized spacial score (nSPS) is 17.1. The van der Waals surface area contributed by atoms with E-state index in [1.165, 1.54) is 42.2 Å². The van der Waals surface area contributed by atoms with Crippen LogP contribution in [0.5, 0.6) is 0 Å². The van der Waals surface area contributed by atoms with Crippen molar-refractivity contribution in [3.8, 4) is 0 Å². The highest BCUT2D eigenvalue weighted by atomic mass is 19.4. The molecule has 1 atom stereocenters. The number of esters is 1. The highest BCUT2D eigenvalue weighted by molar-refractivity contribution is 5.96. The lowest BCUT2D eigenvalue weighted by molar-refractivity contribution is -0.140. The Morgan fingerprint density at radius 3 is 2.07 bits per heavy atom. The van der Waals surface area contributed by atoms with Crippen molar-refractivity contribution < 1.29 is 49.0 Å². The van der Waals surface area contributed by atoms with Gasteiger partial charge in [-0.3, -0.25) is 0 Å². The van der Waals surface area contributed by atoms with Crippen molar-refractivity contribution in [2.45, 2.75) is 44.6 Å². The minimum absolute atomic E-state index is 0.0298. The van der Waals surface area contributed by atoms with Crippen molar-refractivity contribution in [3.63, 3.8) is 0 Å². The molecule has 1 heterocycles. The molecule has 0 fully saturated rings. The predicted octanol–water partition coefficient (Wildman–Crippen LogP) is 7.89. The molecule has 4 rings (SSSR count). The number of nitrogens with zero attached hydrogens (tertiary/aromatic N) is 2. The topological polar surface area (TPSA) is 53.9 Å². The number of methoxy groups -OCH3 is 1. The van der Waals surface area contributed by atoms with Crippen molar-refractivity contribution in [2.24, 2.45) is 4.99 Å². The molecule has 1 N–H and O–H groups in total. The van der Waals surface area contributed by atoms with E-state index in [2.05, 4.69) is 10.3 Å². The summed E-state index contributed by atoms with van der Waals surface area (Å²) in [6, 6.07) is 11.6. The van der Waals surface area contributed by atoms with Crippen LogP contribution in [0, 0.1) is 0 Å². The minimum Gasteiger partial charge on any atom is -0.466 e. The number of nitrogens with one attached hydrogen (secondary N) is 1. The number of halogens is 9. The van der Waals surface area contributed by atoms with Gasteiger partial charge in [0.15, 0.2) is 5.96 Å². The van der Waals surface area contributed by atoms with Gasteiger partial charge in [0.25, 0.3) is 0 Å². The molecule has 0 aromatic heterocycles. The molecule has 234 valence electrons. The Labute approximate surface area is 245 Å². The van der Waals surface area contributed by atoms with Gasteiger partial charge in [-0.2, -0.15) is 39.5 Å². The first-order chi connectivity index (χ1) is 20.5. The van der Waals surface area contributed by atoms with E-state index in [-0.39, 0.29) is 34.9 Å². The van der Waals surface area contributed by atoms with Crippen LogP contribution >= 0.6 is 0 Å². The number of allylic oxidation sites excluding steroid dienone is 1. The lowest BCUT2D eigenvalue weighted by Crippen LogP contribution is -2.49. The molecule has 44 heavy (non-hydrogen) atoms. The van der Waals surface area contributed by atoms with E-state index in [1.807, 2.05) is 0 Å². The van der Waals surface area contributed by atoms with Gasteiger partial charge in [0, 0.05) is 5.70 Å². The minimum atomic E-state index is -4.86. The van der Waals surface area contributed by atoms with E-state index in [0.29, 0.717) is 0 Å². The van der Waals surface area contributed by atoms with Crippen LogP contribution in [0.4, 0.5) is 39.5 Å². The maximum Gasteiger partial charge on any atom is 0.416 e. The summed E-state index contributed by atoms with van der Waals surface area (Å²) in [5.74, 6) is -1.31. The summed E-state index contributed by atoms with van der Waals surface area (Å²) < 4.78 is 128. The fourth-order valence-corrected chi connectivity index (χ4v) is 4.86. The average Bonchev–Trinajstić information content (AvgIpc) is 2.96. The number of carbonyl (C=O) groups excluding carboxylic acids is 1. The number of aliphatic imine (C=N–C) groups is 1. The first-order valence-corrected chi connectivity index (χ1v) is 12.9. The van der Waals surface area contributed by atoms with Gasteiger partial charge in [-0.25, -0.2) is 9.79 Å². The molecule has 3 aromatic carbocycles. The molecule has 5 nitrogen and oxygen atoms in total. The van der Waals surface area contributed by atoms with Crippen LogP contribution in [0.2, 0.25) is 0 Å². The van der Waals surface area contributed by atoms with E-state index in [4.69, 9.17) is 4.74 Å². The van der Waals surface area contributed by atoms with Crippen molar-refractivity contribution in [1.82, 2.24) is 10.2 Å². The highest BCUT2D eigenvalue weighted by Crippen LogP contribution is 2.40. The SMILES string of the molecule is COC(=O)C1=C(C)N(Cc2cccc(C(F)(F)F)c2)C(=NCc2ccccc2C(F)(F)F)NC1c1ccccc1C(F)(F)F. The van der Waals surface area contributed by atoms with Gasteiger partial charge >= 0.3 is 24.5 Å². The molecule has 0 radical (unpaired) electrons. The van der Waals surface area contributed by atoms with Crippen LogP contribution in [0.1, 0.15) is 46.3 Å². The summed E-state index contributed by atoms with van der Waals surface area (Å²) in [5, 5.41) is 2.74. The second-order valence-electron chi connectivity index (χ2n) is 9.73. The van der Waals surface area contributed by atoms with E-state index >= 15 is 0 Å². The Morgan fingerprint density at radius 1 is 0.841 bits per heavy atom. The first kappa shape index (κ1) is 32.4. The number of rotatable bonds is 6. The second-order valence-corrected chi connectivity index (χ2v) is 9.73. The quantitative estimate of drug-likeness (QED) is 0.223. The molecule has 14 heteroatoms. The summed E-state index contributed by atoms with van der Waals surface area (Å²) in [6.07, 6.45) is -14.3. The van der Waals surface area contributed by atoms with Gasteiger partial charge in [-0.15, -0.1) is 0 Å². The Balaban J connectivity index is 1.91. The van der Waals surface area contributed by atoms with Gasteiger partial charge < -0.3 is 15.0 Å². The molecule has 1 unspecified atom stereocenters. The monoisotopic (exact) mass is 629 g/mol. The smallest absolute Gasteiger partial charge is 0.416 e. The number of alkyl halides is 9. The fraction of sp³-hybridized carbons (Fsp3) is 0.267. The van der Waals surface area contributed by atoms with Gasteiger partial charge in [-0.05, 0) is 47.9 Å². The molecule has 0 spiro atoms. The van der Waals surface area contributed by atoms with Crippen molar-refractivity contribution >= 4 is 11.9 Å². The van der Waals surface area contributed by atoms with Crippen LogP contribution in [0.15, 0.2) is 89.1 Å². The summed E-state index contributed by atoms with van der Waals surface area (Å²) in [6.45, 7) is 0.352. The first-order valence-electron chi connectivity index (χ1n) is 12.9. The molecule has 0 aliphatic carbocycles. The fourth-order valence-electron chi connectivity index (χ4n) is 4.86. The Bertz CT molecular complexity index is 1590. The van der Waals surface area contributed by atoms with Gasteiger partial charge in [0.05, 0.1) is 48.5 Å². The molecule has 0 amide bonds. The number of guanidine groups is 1. The third kappa shape index (κ3) is 7.00. The Hall–Kier alpha value is -4.49. The number of hydrogen-bond donors (Lipinski definition) is 1. The van der Waals surface area contributed by atoms with Crippen molar-refractivity contribution in [3.05, 3.63) is 117 Å². The zero-order valence-electron chi connectivity index (χ0n) is 23.0. The van der Waals surface area contributed by atoms with Gasteiger partial charge in [0.1, 0.15) is 0 Å². The van der Waals surface area contributed by atoms with E-state index in [0.717, 1.165) is 49.6 Å². The molecule has 0 saturated heterocycles. The molecule has 0 bridgehead atoms. The molecular formula is C30H24F9N3O2.